The van der Waals surface area contributed by atoms with E-state index in [2.05, 4.69) is 15.7 Å². The maximum absolute atomic E-state index is 14.2. The molecule has 2 unspecified atom stereocenters. The zero-order valence-electron chi connectivity index (χ0n) is 13.4. The number of halogens is 1. The fourth-order valence-electron chi connectivity index (χ4n) is 4.00. The molecule has 5 nitrogen and oxygen atoms in total. The summed E-state index contributed by atoms with van der Waals surface area (Å²) in [5.74, 6) is -0.0131. The van der Waals surface area contributed by atoms with Gasteiger partial charge < -0.3 is 10.6 Å². The van der Waals surface area contributed by atoms with Gasteiger partial charge in [-0.25, -0.2) is 9.07 Å². The predicted octanol–water partition coefficient (Wildman–Crippen LogP) is 2.87. The van der Waals surface area contributed by atoms with Crippen molar-refractivity contribution in [2.24, 2.45) is 5.92 Å². The van der Waals surface area contributed by atoms with Crippen LogP contribution in [0.2, 0.25) is 0 Å². The van der Waals surface area contributed by atoms with Crippen LogP contribution in [0.4, 0.5) is 10.1 Å². The molecule has 2 aromatic rings. The first-order chi connectivity index (χ1) is 11.7. The molecular weight excluding hydrogens is 307 g/mol. The standard InChI is InChI=1S/C18H21FN4O/c19-16-11-15(4-5-17(16)23-7-1-6-20-23)22-18(24)10-12-8-13-2-3-14(9-12)21-13/h1,4-7,11-14,21H,2-3,8-10H2,(H,22,24). The van der Waals surface area contributed by atoms with E-state index in [9.17, 15) is 9.18 Å². The van der Waals surface area contributed by atoms with Crippen molar-refractivity contribution >= 4 is 11.6 Å². The third-order valence-electron chi connectivity index (χ3n) is 5.03. The van der Waals surface area contributed by atoms with E-state index in [0.29, 0.717) is 35.8 Å². The second-order valence-corrected chi connectivity index (χ2v) is 6.84. The average Bonchev–Trinajstić information content (AvgIpc) is 3.17. The smallest absolute Gasteiger partial charge is 0.224 e. The lowest BCUT2D eigenvalue weighted by Gasteiger charge is -2.28. The summed E-state index contributed by atoms with van der Waals surface area (Å²) in [5, 5.41) is 10.4. The van der Waals surface area contributed by atoms with Gasteiger partial charge in [0.25, 0.3) is 0 Å². The van der Waals surface area contributed by atoms with Gasteiger partial charge in [0.2, 0.25) is 5.91 Å². The van der Waals surface area contributed by atoms with Crippen LogP contribution in [0.1, 0.15) is 32.1 Å². The molecule has 3 heterocycles. The van der Waals surface area contributed by atoms with Crippen molar-refractivity contribution < 1.29 is 9.18 Å². The van der Waals surface area contributed by atoms with E-state index in [1.807, 2.05) is 0 Å². The van der Waals surface area contributed by atoms with Crippen molar-refractivity contribution in [1.29, 1.82) is 0 Å². The van der Waals surface area contributed by atoms with E-state index in [0.717, 1.165) is 12.8 Å². The fraction of sp³-hybridized carbons (Fsp3) is 0.444. The predicted molar refractivity (Wildman–Crippen MR) is 89.4 cm³/mol. The minimum atomic E-state index is -0.406. The Bertz CT molecular complexity index is 719. The monoisotopic (exact) mass is 328 g/mol. The van der Waals surface area contributed by atoms with Crippen molar-refractivity contribution in [3.63, 3.8) is 0 Å². The molecule has 2 saturated heterocycles. The summed E-state index contributed by atoms with van der Waals surface area (Å²) in [7, 11) is 0. The maximum Gasteiger partial charge on any atom is 0.224 e. The number of nitrogens with one attached hydrogen (secondary N) is 2. The number of aromatic nitrogens is 2. The van der Waals surface area contributed by atoms with Crippen LogP contribution in [0.3, 0.4) is 0 Å². The minimum Gasteiger partial charge on any atom is -0.326 e. The van der Waals surface area contributed by atoms with Gasteiger partial charge >= 0.3 is 0 Å². The van der Waals surface area contributed by atoms with Crippen molar-refractivity contribution in [3.8, 4) is 5.69 Å². The molecule has 2 atom stereocenters. The van der Waals surface area contributed by atoms with Crippen LogP contribution in [0.25, 0.3) is 5.69 Å². The number of hydrogen-bond donors (Lipinski definition) is 2. The number of amides is 1. The van der Waals surface area contributed by atoms with Crippen molar-refractivity contribution in [2.45, 2.75) is 44.2 Å². The number of rotatable bonds is 4. The molecule has 1 aromatic carbocycles. The second kappa shape index (κ2) is 6.36. The van der Waals surface area contributed by atoms with Crippen LogP contribution in [-0.4, -0.2) is 27.8 Å². The summed E-state index contributed by atoms with van der Waals surface area (Å²) in [6.07, 6.45) is 8.37. The number of hydrogen-bond acceptors (Lipinski definition) is 3. The van der Waals surface area contributed by atoms with Crippen LogP contribution in [0, 0.1) is 11.7 Å². The van der Waals surface area contributed by atoms with Gasteiger partial charge in [0.1, 0.15) is 5.69 Å². The van der Waals surface area contributed by atoms with E-state index in [1.165, 1.54) is 23.6 Å². The van der Waals surface area contributed by atoms with Crippen LogP contribution < -0.4 is 10.6 Å². The molecule has 4 rings (SSSR count). The second-order valence-electron chi connectivity index (χ2n) is 6.84. The van der Waals surface area contributed by atoms with Crippen LogP contribution in [-0.2, 0) is 4.79 Å². The number of piperidine rings is 1. The van der Waals surface area contributed by atoms with Crippen molar-refractivity contribution in [3.05, 3.63) is 42.5 Å². The van der Waals surface area contributed by atoms with E-state index < -0.39 is 5.82 Å². The molecule has 1 aromatic heterocycles. The molecule has 0 spiro atoms. The Morgan fingerprint density at radius 2 is 2.12 bits per heavy atom. The maximum atomic E-state index is 14.2. The topological polar surface area (TPSA) is 59.0 Å². The van der Waals surface area contributed by atoms with E-state index >= 15 is 0 Å². The highest BCUT2D eigenvalue weighted by Crippen LogP contribution is 2.32. The molecule has 126 valence electrons. The molecule has 0 radical (unpaired) electrons. The number of carbonyl (C=O) groups excluding carboxylic acids is 1. The SMILES string of the molecule is O=C(CC1CC2CCC(C1)N2)Nc1ccc(-n2cccn2)c(F)c1. The van der Waals surface area contributed by atoms with Gasteiger partial charge in [-0.3, -0.25) is 4.79 Å². The largest absolute Gasteiger partial charge is 0.326 e. The van der Waals surface area contributed by atoms with Gasteiger partial charge in [0, 0.05) is 36.6 Å². The Morgan fingerprint density at radius 1 is 1.33 bits per heavy atom. The average molecular weight is 328 g/mol. The molecule has 0 aliphatic carbocycles. The molecule has 2 aliphatic rings. The molecule has 6 heteroatoms. The normalized spacial score (nSPS) is 25.6. The van der Waals surface area contributed by atoms with Gasteiger partial charge in [0.05, 0.1) is 0 Å². The summed E-state index contributed by atoms with van der Waals surface area (Å²) in [6.45, 7) is 0. The Morgan fingerprint density at radius 3 is 2.79 bits per heavy atom. The quantitative estimate of drug-likeness (QED) is 0.907. The number of anilines is 1. The lowest BCUT2D eigenvalue weighted by Crippen LogP contribution is -2.39. The van der Waals surface area contributed by atoms with Gasteiger partial charge in [-0.2, -0.15) is 5.10 Å². The lowest BCUT2D eigenvalue weighted by atomic mass is 9.89. The van der Waals surface area contributed by atoms with Gasteiger partial charge in [-0.1, -0.05) is 0 Å². The Balaban J connectivity index is 1.38. The summed E-state index contributed by atoms with van der Waals surface area (Å²) in [5.41, 5.74) is 0.859. The minimum absolute atomic E-state index is 0.0347. The summed E-state index contributed by atoms with van der Waals surface area (Å²) < 4.78 is 15.7. The Kier molecular flexibility index (Phi) is 4.06. The number of nitrogens with zero attached hydrogens (tertiary/aromatic N) is 2. The Hall–Kier alpha value is -2.21. The first-order valence-electron chi connectivity index (χ1n) is 8.53. The summed E-state index contributed by atoms with van der Waals surface area (Å²) in [6, 6.07) is 7.58. The molecule has 2 bridgehead atoms. The molecule has 24 heavy (non-hydrogen) atoms. The summed E-state index contributed by atoms with van der Waals surface area (Å²) >= 11 is 0. The molecule has 1 amide bonds. The molecule has 2 aliphatic heterocycles. The van der Waals surface area contributed by atoms with Gasteiger partial charge in [0.15, 0.2) is 5.82 Å². The molecule has 0 saturated carbocycles. The first-order valence-corrected chi connectivity index (χ1v) is 8.53. The van der Waals surface area contributed by atoms with Crippen LogP contribution in [0.15, 0.2) is 36.7 Å². The lowest BCUT2D eigenvalue weighted by molar-refractivity contribution is -0.117. The number of benzene rings is 1. The van der Waals surface area contributed by atoms with E-state index in [1.54, 1.807) is 30.6 Å². The highest BCUT2D eigenvalue weighted by atomic mass is 19.1. The van der Waals surface area contributed by atoms with Gasteiger partial charge in [-0.05, 0) is 55.9 Å². The molecule has 2 fully saturated rings. The third kappa shape index (κ3) is 3.19. The van der Waals surface area contributed by atoms with Crippen LogP contribution >= 0.6 is 0 Å². The highest BCUT2D eigenvalue weighted by Gasteiger charge is 2.34. The highest BCUT2D eigenvalue weighted by molar-refractivity contribution is 5.91. The van der Waals surface area contributed by atoms with E-state index in [4.69, 9.17) is 0 Å². The zero-order chi connectivity index (χ0) is 16.5. The number of carbonyl (C=O) groups is 1. The van der Waals surface area contributed by atoms with Crippen molar-refractivity contribution in [2.75, 3.05) is 5.32 Å². The number of fused-ring (bicyclic) bond motifs is 2. The van der Waals surface area contributed by atoms with Crippen molar-refractivity contribution in [1.82, 2.24) is 15.1 Å². The first kappa shape index (κ1) is 15.3. The fourth-order valence-corrected chi connectivity index (χ4v) is 4.00. The Labute approximate surface area is 140 Å². The van der Waals surface area contributed by atoms with Gasteiger partial charge in [-0.15, -0.1) is 0 Å². The third-order valence-corrected chi connectivity index (χ3v) is 5.03. The summed E-state index contributed by atoms with van der Waals surface area (Å²) in [4.78, 5) is 12.3. The van der Waals surface area contributed by atoms with Crippen LogP contribution in [0.5, 0.6) is 0 Å². The van der Waals surface area contributed by atoms with E-state index in [-0.39, 0.29) is 5.91 Å². The molecular formula is C18H21FN4O. The zero-order valence-corrected chi connectivity index (χ0v) is 13.4. The molecule has 2 N–H and O–H groups in total.